The lowest BCUT2D eigenvalue weighted by Crippen LogP contribution is -2.68. The third-order valence-electron chi connectivity index (χ3n) is 5.92. The van der Waals surface area contributed by atoms with Gasteiger partial charge in [-0.05, 0) is 27.7 Å². The second-order valence-electron chi connectivity index (χ2n) is 10.4. The number of halogens is 9. The molecule has 9 nitrogen and oxygen atoms in total. The van der Waals surface area contributed by atoms with E-state index in [0.29, 0.717) is 12.1 Å². The Kier molecular flexibility index (Phi) is 10.1. The number of alkyl halides is 9. The fraction of sp³-hybridized carbons (Fsp3) is 0.600. The van der Waals surface area contributed by atoms with Gasteiger partial charge in [0.1, 0.15) is 11.3 Å². The SMILES string of the molecule is CO[C@](C(=O)OC([C@H]1CC(C(=O)N[C@@H](C)CC(=O)OC(C)(C)C)=NO1)(C(F)(F)F)C(F)(F)F)(c1ccccc1)C(F)(F)F. The predicted molar refractivity (Wildman–Crippen MR) is 127 cm³/mol. The summed E-state index contributed by atoms with van der Waals surface area (Å²) in [4.78, 5) is 41.6. The zero-order valence-electron chi connectivity index (χ0n) is 23.2. The summed E-state index contributed by atoms with van der Waals surface area (Å²) in [5, 5.41) is 5.06. The lowest BCUT2D eigenvalue weighted by molar-refractivity contribution is -0.399. The van der Waals surface area contributed by atoms with Crippen molar-refractivity contribution >= 4 is 23.6 Å². The summed E-state index contributed by atoms with van der Waals surface area (Å²) in [7, 11) is 0.237. The third kappa shape index (κ3) is 7.33. The van der Waals surface area contributed by atoms with Crippen LogP contribution in [0.15, 0.2) is 35.5 Å². The molecule has 1 aliphatic rings. The largest absolute Gasteiger partial charge is 0.460 e. The zero-order valence-corrected chi connectivity index (χ0v) is 23.2. The molecule has 43 heavy (non-hydrogen) atoms. The molecule has 0 saturated heterocycles. The molecule has 1 aliphatic heterocycles. The molecule has 1 aromatic rings. The first-order valence-corrected chi connectivity index (χ1v) is 12.2. The molecule has 1 amide bonds. The molecule has 18 heteroatoms. The number of methoxy groups -OCH3 is 1. The van der Waals surface area contributed by atoms with Crippen LogP contribution in [0.25, 0.3) is 0 Å². The fourth-order valence-corrected chi connectivity index (χ4v) is 4.03. The molecule has 0 aliphatic carbocycles. The Hall–Kier alpha value is -3.57. The summed E-state index contributed by atoms with van der Waals surface area (Å²) in [5.41, 5.74) is -13.3. The summed E-state index contributed by atoms with van der Waals surface area (Å²) < 4.78 is 141. The van der Waals surface area contributed by atoms with Gasteiger partial charge in [0, 0.05) is 25.1 Å². The number of esters is 2. The molecule has 0 fully saturated rings. The van der Waals surface area contributed by atoms with Crippen LogP contribution in [0, 0.1) is 0 Å². The van der Waals surface area contributed by atoms with Crippen molar-refractivity contribution in [2.24, 2.45) is 5.16 Å². The Morgan fingerprint density at radius 2 is 1.47 bits per heavy atom. The molecular formula is C25H27F9N2O7. The van der Waals surface area contributed by atoms with Gasteiger partial charge in [-0.25, -0.2) is 4.79 Å². The number of nitrogens with zero attached hydrogens (tertiary/aromatic N) is 1. The van der Waals surface area contributed by atoms with Crippen molar-refractivity contribution in [3.8, 4) is 0 Å². The van der Waals surface area contributed by atoms with E-state index in [0.717, 1.165) is 18.2 Å². The summed E-state index contributed by atoms with van der Waals surface area (Å²) in [6.45, 7) is 5.90. The van der Waals surface area contributed by atoms with Gasteiger partial charge in [-0.1, -0.05) is 35.5 Å². The first kappa shape index (κ1) is 35.6. The Labute approximate surface area is 238 Å². The number of carbonyl (C=O) groups is 3. The molecule has 3 atom stereocenters. The summed E-state index contributed by atoms with van der Waals surface area (Å²) >= 11 is 0. The van der Waals surface area contributed by atoms with Gasteiger partial charge in [0.05, 0.1) is 6.42 Å². The van der Waals surface area contributed by atoms with Gasteiger partial charge >= 0.3 is 36.1 Å². The van der Waals surface area contributed by atoms with Gasteiger partial charge in [-0.3, -0.25) is 9.59 Å². The van der Waals surface area contributed by atoms with Gasteiger partial charge in [-0.2, -0.15) is 39.5 Å². The molecular weight excluding hydrogens is 611 g/mol. The number of ether oxygens (including phenoxy) is 3. The van der Waals surface area contributed by atoms with Gasteiger partial charge in [0.2, 0.25) is 0 Å². The number of hydrogen-bond acceptors (Lipinski definition) is 8. The van der Waals surface area contributed by atoms with Crippen LogP contribution < -0.4 is 5.32 Å². The maximum atomic E-state index is 14.3. The smallest absolute Gasteiger partial charge is 0.441 e. The monoisotopic (exact) mass is 638 g/mol. The highest BCUT2D eigenvalue weighted by Crippen LogP contribution is 2.53. The minimum absolute atomic E-state index is 0.237. The van der Waals surface area contributed by atoms with Crippen LogP contribution in [0.3, 0.4) is 0 Å². The van der Waals surface area contributed by atoms with E-state index in [2.05, 4.69) is 24.8 Å². The van der Waals surface area contributed by atoms with Crippen LogP contribution in [0.2, 0.25) is 0 Å². The van der Waals surface area contributed by atoms with Crippen LogP contribution in [-0.2, 0) is 39.0 Å². The maximum absolute atomic E-state index is 14.3. The standard InChI is InChI=1S/C25H27F9N2O7/c1-13(11-17(37)41-20(2,3)4)35-18(38)15-12-16(43-36-15)22(24(29,30)31,25(32,33)34)42-19(39)21(40-5,23(26,27)28)14-9-7-6-8-10-14/h6-10,13,16H,11-12H2,1-5H3,(H,35,38)/t13-,16+,21-/m0/s1. The van der Waals surface area contributed by atoms with E-state index in [1.54, 1.807) is 20.8 Å². The molecule has 0 saturated carbocycles. The van der Waals surface area contributed by atoms with E-state index in [9.17, 15) is 53.9 Å². The molecule has 1 heterocycles. The van der Waals surface area contributed by atoms with Crippen molar-refractivity contribution in [1.29, 1.82) is 0 Å². The van der Waals surface area contributed by atoms with Crippen molar-refractivity contribution in [2.75, 3.05) is 7.11 Å². The van der Waals surface area contributed by atoms with E-state index in [1.165, 1.54) is 6.92 Å². The molecule has 242 valence electrons. The minimum atomic E-state index is -6.65. The minimum Gasteiger partial charge on any atom is -0.460 e. The number of carbonyl (C=O) groups excluding carboxylic acids is 3. The van der Waals surface area contributed by atoms with E-state index in [1.807, 2.05) is 0 Å². The van der Waals surface area contributed by atoms with E-state index in [-0.39, 0.29) is 7.11 Å². The molecule has 0 bridgehead atoms. The average molecular weight is 638 g/mol. The first-order chi connectivity index (χ1) is 19.4. The quantitative estimate of drug-likeness (QED) is 0.303. The lowest BCUT2D eigenvalue weighted by atomic mass is 9.88. The topological polar surface area (TPSA) is 113 Å². The Morgan fingerprint density at radius 3 is 1.91 bits per heavy atom. The van der Waals surface area contributed by atoms with Crippen molar-refractivity contribution in [2.45, 2.75) is 88.0 Å². The second-order valence-corrected chi connectivity index (χ2v) is 10.4. The Morgan fingerprint density at radius 1 is 0.930 bits per heavy atom. The van der Waals surface area contributed by atoms with Crippen LogP contribution in [0.1, 0.15) is 46.1 Å². The number of amides is 1. The number of benzene rings is 1. The van der Waals surface area contributed by atoms with Crippen molar-refractivity contribution in [1.82, 2.24) is 5.32 Å². The Bertz CT molecular complexity index is 1190. The lowest BCUT2D eigenvalue weighted by Gasteiger charge is -2.41. The van der Waals surface area contributed by atoms with Gasteiger partial charge < -0.3 is 24.4 Å². The fourth-order valence-electron chi connectivity index (χ4n) is 4.03. The highest BCUT2D eigenvalue weighted by atomic mass is 19.4. The number of hydrogen-bond donors (Lipinski definition) is 1. The van der Waals surface area contributed by atoms with Crippen LogP contribution >= 0.6 is 0 Å². The number of rotatable bonds is 9. The van der Waals surface area contributed by atoms with Gasteiger partial charge in [0.15, 0.2) is 6.10 Å². The predicted octanol–water partition coefficient (Wildman–Crippen LogP) is 4.88. The zero-order chi connectivity index (χ0) is 33.2. The molecule has 0 radical (unpaired) electrons. The van der Waals surface area contributed by atoms with E-state index < -0.39 is 89.4 Å². The molecule has 1 N–H and O–H groups in total. The molecule has 0 aromatic heterocycles. The van der Waals surface area contributed by atoms with Crippen molar-refractivity contribution in [3.63, 3.8) is 0 Å². The highest BCUT2D eigenvalue weighted by Gasteiger charge is 2.81. The van der Waals surface area contributed by atoms with Crippen LogP contribution in [0.4, 0.5) is 39.5 Å². The molecule has 2 rings (SSSR count). The summed E-state index contributed by atoms with van der Waals surface area (Å²) in [6.07, 6.45) is -24.7. The molecule has 0 spiro atoms. The summed E-state index contributed by atoms with van der Waals surface area (Å²) in [5.74, 6) is -5.28. The normalized spacial score (nSPS) is 18.6. The number of oxime groups is 1. The Balaban J connectivity index is 2.45. The average Bonchev–Trinajstić information content (AvgIpc) is 3.30. The second kappa shape index (κ2) is 12.2. The first-order valence-electron chi connectivity index (χ1n) is 12.2. The van der Waals surface area contributed by atoms with E-state index >= 15 is 0 Å². The van der Waals surface area contributed by atoms with Crippen LogP contribution in [0.5, 0.6) is 0 Å². The van der Waals surface area contributed by atoms with Gasteiger partial charge in [0.25, 0.3) is 11.5 Å². The molecule has 0 unspecified atom stereocenters. The number of nitrogens with one attached hydrogen (secondary N) is 1. The molecule has 1 aromatic carbocycles. The third-order valence-corrected chi connectivity index (χ3v) is 5.92. The van der Waals surface area contributed by atoms with Crippen LogP contribution in [-0.4, -0.2) is 72.5 Å². The van der Waals surface area contributed by atoms with Crippen molar-refractivity contribution < 1.29 is 72.9 Å². The maximum Gasteiger partial charge on any atom is 0.441 e. The van der Waals surface area contributed by atoms with Crippen molar-refractivity contribution in [3.05, 3.63) is 35.9 Å². The van der Waals surface area contributed by atoms with Gasteiger partial charge in [-0.15, -0.1) is 0 Å². The summed E-state index contributed by atoms with van der Waals surface area (Å²) in [6, 6.07) is 3.11. The van der Waals surface area contributed by atoms with E-state index in [4.69, 9.17) is 4.74 Å². The highest BCUT2D eigenvalue weighted by molar-refractivity contribution is 6.39.